The highest BCUT2D eigenvalue weighted by atomic mass is 35.5. The van der Waals surface area contributed by atoms with Crippen LogP contribution in [0.1, 0.15) is 44.2 Å². The molecule has 1 aromatic rings. The van der Waals surface area contributed by atoms with Crippen molar-refractivity contribution in [2.24, 2.45) is 0 Å². The van der Waals surface area contributed by atoms with E-state index < -0.39 is 0 Å². The van der Waals surface area contributed by atoms with Crippen LogP contribution >= 0.6 is 11.6 Å². The molecular formula is C15H22ClNO. The number of ether oxygens (including phenoxy) is 1. The first-order chi connectivity index (χ1) is 8.81. The molecule has 1 heterocycles. The van der Waals surface area contributed by atoms with Crippen LogP contribution in [0.4, 0.5) is 0 Å². The summed E-state index contributed by atoms with van der Waals surface area (Å²) in [6, 6.07) is 8.42. The molecule has 1 N–H and O–H groups in total. The fourth-order valence-corrected chi connectivity index (χ4v) is 2.76. The maximum atomic E-state index is 6.30. The fourth-order valence-electron chi connectivity index (χ4n) is 2.49. The summed E-state index contributed by atoms with van der Waals surface area (Å²) in [5, 5.41) is 4.44. The minimum atomic E-state index is 0.307. The van der Waals surface area contributed by atoms with Crippen molar-refractivity contribution >= 4 is 11.6 Å². The molecule has 1 aliphatic heterocycles. The Hall–Kier alpha value is -0.570. The van der Waals surface area contributed by atoms with E-state index in [9.17, 15) is 0 Å². The van der Waals surface area contributed by atoms with Gasteiger partial charge < -0.3 is 10.1 Å². The fraction of sp³-hybridized carbons (Fsp3) is 0.600. The monoisotopic (exact) mass is 267 g/mol. The zero-order valence-corrected chi connectivity index (χ0v) is 11.7. The Morgan fingerprint density at radius 1 is 1.44 bits per heavy atom. The van der Waals surface area contributed by atoms with Crippen LogP contribution in [-0.2, 0) is 4.74 Å². The third-order valence-electron chi connectivity index (χ3n) is 3.44. The predicted octanol–water partition coefficient (Wildman–Crippen LogP) is 3.95. The molecule has 0 bridgehead atoms. The van der Waals surface area contributed by atoms with E-state index >= 15 is 0 Å². The van der Waals surface area contributed by atoms with E-state index in [2.05, 4.69) is 24.4 Å². The van der Waals surface area contributed by atoms with Crippen molar-refractivity contribution in [3.8, 4) is 0 Å². The molecule has 3 heteroatoms. The smallest absolute Gasteiger partial charge is 0.0594 e. The lowest BCUT2D eigenvalue weighted by molar-refractivity contribution is 0.0946. The molecule has 0 radical (unpaired) electrons. The summed E-state index contributed by atoms with van der Waals surface area (Å²) in [6.45, 7) is 4.11. The number of halogens is 1. The Labute approximate surface area is 115 Å². The Morgan fingerprint density at radius 2 is 2.28 bits per heavy atom. The van der Waals surface area contributed by atoms with E-state index in [4.69, 9.17) is 16.3 Å². The van der Waals surface area contributed by atoms with Gasteiger partial charge in [-0.05, 0) is 43.9 Å². The zero-order chi connectivity index (χ0) is 12.8. The number of hydrogen-bond donors (Lipinski definition) is 1. The van der Waals surface area contributed by atoms with Crippen molar-refractivity contribution < 1.29 is 4.74 Å². The topological polar surface area (TPSA) is 21.3 Å². The van der Waals surface area contributed by atoms with Crippen molar-refractivity contribution in [1.29, 1.82) is 0 Å². The SMILES string of the molecule is CCCNC(CC1CCCO1)c1ccccc1Cl. The molecule has 18 heavy (non-hydrogen) atoms. The standard InChI is InChI=1S/C15H22ClNO/c1-2-9-17-15(11-12-6-5-10-18-12)13-7-3-4-8-14(13)16/h3-4,7-8,12,15,17H,2,5-6,9-11H2,1H3. The number of rotatable bonds is 6. The lowest BCUT2D eigenvalue weighted by Crippen LogP contribution is -2.26. The van der Waals surface area contributed by atoms with E-state index in [-0.39, 0.29) is 0 Å². The van der Waals surface area contributed by atoms with Gasteiger partial charge >= 0.3 is 0 Å². The normalized spacial score (nSPS) is 21.1. The van der Waals surface area contributed by atoms with Gasteiger partial charge in [0.15, 0.2) is 0 Å². The van der Waals surface area contributed by atoms with Crippen LogP contribution in [0.3, 0.4) is 0 Å². The average Bonchev–Trinajstić information content (AvgIpc) is 2.88. The molecule has 1 aliphatic rings. The van der Waals surface area contributed by atoms with Gasteiger partial charge in [0, 0.05) is 17.7 Å². The average molecular weight is 268 g/mol. The van der Waals surface area contributed by atoms with E-state index in [0.717, 1.165) is 31.0 Å². The van der Waals surface area contributed by atoms with Crippen LogP contribution in [0.5, 0.6) is 0 Å². The van der Waals surface area contributed by atoms with E-state index in [1.54, 1.807) is 0 Å². The van der Waals surface area contributed by atoms with Crippen LogP contribution < -0.4 is 5.32 Å². The molecule has 0 saturated carbocycles. The molecule has 0 aliphatic carbocycles. The van der Waals surface area contributed by atoms with Gasteiger partial charge in [-0.25, -0.2) is 0 Å². The lowest BCUT2D eigenvalue weighted by Gasteiger charge is -2.23. The van der Waals surface area contributed by atoms with Gasteiger partial charge in [-0.3, -0.25) is 0 Å². The summed E-state index contributed by atoms with van der Waals surface area (Å²) in [7, 11) is 0. The third kappa shape index (κ3) is 3.71. The maximum Gasteiger partial charge on any atom is 0.0594 e. The van der Waals surface area contributed by atoms with Gasteiger partial charge in [0.25, 0.3) is 0 Å². The lowest BCUT2D eigenvalue weighted by atomic mass is 9.99. The molecule has 0 amide bonds. The van der Waals surface area contributed by atoms with Crippen molar-refractivity contribution in [3.05, 3.63) is 34.9 Å². The molecule has 1 fully saturated rings. The van der Waals surface area contributed by atoms with Gasteiger partial charge in [0.05, 0.1) is 6.10 Å². The van der Waals surface area contributed by atoms with Crippen LogP contribution in [-0.4, -0.2) is 19.3 Å². The molecule has 1 saturated heterocycles. The number of hydrogen-bond acceptors (Lipinski definition) is 2. The van der Waals surface area contributed by atoms with Gasteiger partial charge in [-0.15, -0.1) is 0 Å². The predicted molar refractivity (Wildman–Crippen MR) is 76.1 cm³/mol. The largest absolute Gasteiger partial charge is 0.378 e. The highest BCUT2D eigenvalue weighted by Crippen LogP contribution is 2.29. The third-order valence-corrected chi connectivity index (χ3v) is 3.79. The number of nitrogens with one attached hydrogen (secondary N) is 1. The molecule has 2 nitrogen and oxygen atoms in total. The second-order valence-corrected chi connectivity index (χ2v) is 5.31. The Kier molecular flexibility index (Phi) is 5.48. The number of benzene rings is 1. The summed E-state index contributed by atoms with van der Waals surface area (Å²) in [5.74, 6) is 0. The van der Waals surface area contributed by atoms with Crippen LogP contribution in [0.15, 0.2) is 24.3 Å². The van der Waals surface area contributed by atoms with Crippen LogP contribution in [0, 0.1) is 0 Å². The summed E-state index contributed by atoms with van der Waals surface area (Å²) in [6.07, 6.45) is 4.90. The Morgan fingerprint density at radius 3 is 2.94 bits per heavy atom. The Bertz CT molecular complexity index is 363. The first kappa shape index (κ1) is 13.9. The second kappa shape index (κ2) is 7.13. The van der Waals surface area contributed by atoms with E-state index in [1.165, 1.54) is 18.4 Å². The molecule has 100 valence electrons. The zero-order valence-electron chi connectivity index (χ0n) is 11.0. The first-order valence-corrected chi connectivity index (χ1v) is 7.28. The van der Waals surface area contributed by atoms with Crippen LogP contribution in [0.2, 0.25) is 5.02 Å². The van der Waals surface area contributed by atoms with Crippen molar-refractivity contribution in [2.45, 2.75) is 44.8 Å². The van der Waals surface area contributed by atoms with Gasteiger partial charge in [0.2, 0.25) is 0 Å². The molecular weight excluding hydrogens is 246 g/mol. The second-order valence-electron chi connectivity index (χ2n) is 4.90. The van der Waals surface area contributed by atoms with E-state index in [1.807, 2.05) is 12.1 Å². The van der Waals surface area contributed by atoms with E-state index in [0.29, 0.717) is 12.1 Å². The first-order valence-electron chi connectivity index (χ1n) is 6.90. The van der Waals surface area contributed by atoms with Gasteiger partial charge in [-0.2, -0.15) is 0 Å². The maximum absolute atomic E-state index is 6.30. The molecule has 1 aromatic carbocycles. The van der Waals surface area contributed by atoms with Crippen molar-refractivity contribution in [1.82, 2.24) is 5.32 Å². The minimum absolute atomic E-state index is 0.307. The summed E-state index contributed by atoms with van der Waals surface area (Å²) < 4.78 is 5.74. The van der Waals surface area contributed by atoms with Crippen molar-refractivity contribution in [2.75, 3.05) is 13.2 Å². The molecule has 2 unspecified atom stereocenters. The van der Waals surface area contributed by atoms with Crippen LogP contribution in [0.25, 0.3) is 0 Å². The molecule has 0 aromatic heterocycles. The van der Waals surface area contributed by atoms with Gasteiger partial charge in [-0.1, -0.05) is 36.7 Å². The minimum Gasteiger partial charge on any atom is -0.378 e. The van der Waals surface area contributed by atoms with Gasteiger partial charge in [0.1, 0.15) is 0 Å². The Balaban J connectivity index is 2.06. The highest BCUT2D eigenvalue weighted by molar-refractivity contribution is 6.31. The van der Waals surface area contributed by atoms with Crippen molar-refractivity contribution in [3.63, 3.8) is 0 Å². The molecule has 2 rings (SSSR count). The quantitative estimate of drug-likeness (QED) is 0.843. The molecule has 2 atom stereocenters. The molecule has 0 spiro atoms. The summed E-state index contributed by atoms with van der Waals surface area (Å²) >= 11 is 6.30. The summed E-state index contributed by atoms with van der Waals surface area (Å²) in [4.78, 5) is 0. The highest BCUT2D eigenvalue weighted by Gasteiger charge is 2.22. The summed E-state index contributed by atoms with van der Waals surface area (Å²) in [5.41, 5.74) is 1.20.